The Kier molecular flexibility index (Phi) is 5.56. The van der Waals surface area contributed by atoms with Gasteiger partial charge in [0.1, 0.15) is 5.76 Å². The molecule has 6 nitrogen and oxygen atoms in total. The van der Waals surface area contributed by atoms with Gasteiger partial charge in [-0.1, -0.05) is 31.8 Å². The molecule has 1 aromatic heterocycles. The first-order chi connectivity index (χ1) is 11.5. The largest absolute Gasteiger partial charge is 0.391 e. The highest BCUT2D eigenvalue weighted by molar-refractivity contribution is 5.92. The third-order valence-electron chi connectivity index (χ3n) is 5.36. The Morgan fingerprint density at radius 1 is 1.29 bits per heavy atom. The summed E-state index contributed by atoms with van der Waals surface area (Å²) in [6.45, 7) is 5.89. The molecule has 0 aromatic carbocycles. The molecular formula is C18H29N3O3. The van der Waals surface area contributed by atoms with Crippen LogP contribution in [0.2, 0.25) is 0 Å². The Morgan fingerprint density at radius 2 is 2.00 bits per heavy atom. The molecule has 2 aliphatic rings. The van der Waals surface area contributed by atoms with Crippen LogP contribution in [0.1, 0.15) is 74.5 Å². The summed E-state index contributed by atoms with van der Waals surface area (Å²) in [7, 11) is 0. The number of aliphatic hydroxyl groups excluding tert-OH is 1. The molecule has 1 aromatic rings. The normalized spacial score (nSPS) is 26.7. The summed E-state index contributed by atoms with van der Waals surface area (Å²) < 4.78 is 5.20. The predicted molar refractivity (Wildman–Crippen MR) is 90.9 cm³/mol. The predicted octanol–water partition coefficient (Wildman–Crippen LogP) is 2.30. The fraction of sp³-hybridized carbons (Fsp3) is 0.778. The maximum absolute atomic E-state index is 12.3. The van der Waals surface area contributed by atoms with Gasteiger partial charge in [0.25, 0.3) is 5.91 Å². The third-order valence-corrected chi connectivity index (χ3v) is 5.36. The summed E-state index contributed by atoms with van der Waals surface area (Å²) >= 11 is 0. The number of hydrogen-bond donors (Lipinski definition) is 2. The average Bonchev–Trinajstić information content (AvgIpc) is 3.07. The summed E-state index contributed by atoms with van der Waals surface area (Å²) in [6, 6.07) is 2.21. The second-order valence-electron chi connectivity index (χ2n) is 7.47. The minimum absolute atomic E-state index is 0.151. The summed E-state index contributed by atoms with van der Waals surface area (Å²) in [5, 5.41) is 17.1. The Bertz CT molecular complexity index is 549. The van der Waals surface area contributed by atoms with Crippen LogP contribution in [0, 0.1) is 0 Å². The Labute approximate surface area is 143 Å². The first kappa shape index (κ1) is 17.4. The molecule has 0 spiro atoms. The molecular weight excluding hydrogens is 306 g/mol. The van der Waals surface area contributed by atoms with Crippen LogP contribution in [0.3, 0.4) is 0 Å². The van der Waals surface area contributed by atoms with E-state index >= 15 is 0 Å². The number of carbonyl (C=O) groups excluding carboxylic acids is 1. The second-order valence-corrected chi connectivity index (χ2v) is 7.47. The second kappa shape index (κ2) is 7.66. The molecule has 2 heterocycles. The standard InChI is InChI=1S/C18H29N3O3/c1-12(2)17-11-14(20-24-17)18(23)19-13-7-9-21(10-8-13)15-5-3-4-6-16(15)22/h11-13,15-16,22H,3-10H2,1-2H3,(H,19,23)/t15-,16+/m1/s1. The van der Waals surface area contributed by atoms with E-state index in [-0.39, 0.29) is 24.0 Å². The van der Waals surface area contributed by atoms with Crippen molar-refractivity contribution in [1.82, 2.24) is 15.4 Å². The lowest BCUT2D eigenvalue weighted by Gasteiger charge is -2.41. The van der Waals surface area contributed by atoms with Crippen molar-refractivity contribution in [2.75, 3.05) is 13.1 Å². The number of aromatic nitrogens is 1. The molecule has 1 saturated carbocycles. The first-order valence-electron chi connectivity index (χ1n) is 9.24. The van der Waals surface area contributed by atoms with Crippen LogP contribution < -0.4 is 5.32 Å². The molecule has 0 unspecified atom stereocenters. The number of nitrogens with zero attached hydrogens (tertiary/aromatic N) is 2. The number of aliphatic hydroxyl groups is 1. The first-order valence-corrected chi connectivity index (χ1v) is 9.24. The topological polar surface area (TPSA) is 78.6 Å². The highest BCUT2D eigenvalue weighted by atomic mass is 16.5. The zero-order chi connectivity index (χ0) is 17.1. The van der Waals surface area contributed by atoms with Crippen molar-refractivity contribution >= 4 is 5.91 Å². The zero-order valence-electron chi connectivity index (χ0n) is 14.7. The van der Waals surface area contributed by atoms with E-state index in [0.717, 1.165) is 51.0 Å². The Hall–Kier alpha value is -1.40. The highest BCUT2D eigenvalue weighted by Gasteiger charge is 2.32. The van der Waals surface area contributed by atoms with E-state index in [2.05, 4.69) is 15.4 Å². The number of carbonyl (C=O) groups is 1. The van der Waals surface area contributed by atoms with Gasteiger partial charge in [-0.05, 0) is 25.7 Å². The number of amides is 1. The van der Waals surface area contributed by atoms with Crippen LogP contribution >= 0.6 is 0 Å². The molecule has 2 N–H and O–H groups in total. The van der Waals surface area contributed by atoms with E-state index in [1.165, 1.54) is 6.42 Å². The lowest BCUT2D eigenvalue weighted by Crippen LogP contribution is -2.52. The molecule has 24 heavy (non-hydrogen) atoms. The van der Waals surface area contributed by atoms with Crippen LogP contribution in [0.4, 0.5) is 0 Å². The lowest BCUT2D eigenvalue weighted by molar-refractivity contribution is 0.00725. The molecule has 0 bridgehead atoms. The van der Waals surface area contributed by atoms with Crippen molar-refractivity contribution in [1.29, 1.82) is 0 Å². The van der Waals surface area contributed by atoms with Crippen LogP contribution in [-0.2, 0) is 0 Å². The smallest absolute Gasteiger partial charge is 0.273 e. The van der Waals surface area contributed by atoms with Crippen molar-refractivity contribution in [2.24, 2.45) is 0 Å². The number of piperidine rings is 1. The quantitative estimate of drug-likeness (QED) is 0.883. The van der Waals surface area contributed by atoms with Crippen LogP contribution in [0.5, 0.6) is 0 Å². The summed E-state index contributed by atoms with van der Waals surface area (Å²) in [6.07, 6.45) is 6.02. The van der Waals surface area contributed by atoms with Gasteiger partial charge in [0.05, 0.1) is 6.10 Å². The minimum atomic E-state index is -0.186. The average molecular weight is 335 g/mol. The molecule has 2 fully saturated rings. The van der Waals surface area contributed by atoms with Gasteiger partial charge < -0.3 is 14.9 Å². The molecule has 2 atom stereocenters. The van der Waals surface area contributed by atoms with E-state index in [1.807, 2.05) is 13.8 Å². The SMILES string of the molecule is CC(C)c1cc(C(=O)NC2CCN([C@@H]3CCCC[C@@H]3O)CC2)no1. The van der Waals surface area contributed by atoms with E-state index < -0.39 is 0 Å². The van der Waals surface area contributed by atoms with Gasteiger partial charge >= 0.3 is 0 Å². The van der Waals surface area contributed by atoms with Gasteiger partial charge in [-0.2, -0.15) is 0 Å². The van der Waals surface area contributed by atoms with E-state index in [1.54, 1.807) is 6.07 Å². The molecule has 1 aliphatic carbocycles. The van der Waals surface area contributed by atoms with E-state index in [0.29, 0.717) is 11.7 Å². The molecule has 134 valence electrons. The van der Waals surface area contributed by atoms with Crippen molar-refractivity contribution in [2.45, 2.75) is 76.5 Å². The number of likely N-dealkylation sites (tertiary alicyclic amines) is 1. The van der Waals surface area contributed by atoms with Gasteiger partial charge in [0, 0.05) is 37.2 Å². The number of hydrogen-bond acceptors (Lipinski definition) is 5. The van der Waals surface area contributed by atoms with Gasteiger partial charge in [0.15, 0.2) is 5.69 Å². The maximum atomic E-state index is 12.3. The van der Waals surface area contributed by atoms with Gasteiger partial charge in [-0.15, -0.1) is 0 Å². The van der Waals surface area contributed by atoms with Crippen molar-refractivity contribution in [3.8, 4) is 0 Å². The monoisotopic (exact) mass is 335 g/mol. The maximum Gasteiger partial charge on any atom is 0.273 e. The Morgan fingerprint density at radius 3 is 2.62 bits per heavy atom. The molecule has 1 amide bonds. The van der Waals surface area contributed by atoms with Crippen LogP contribution in [0.25, 0.3) is 0 Å². The summed E-state index contributed by atoms with van der Waals surface area (Å²) in [4.78, 5) is 14.7. The van der Waals surface area contributed by atoms with Gasteiger partial charge in [-0.3, -0.25) is 9.69 Å². The Balaban J connectivity index is 1.48. The van der Waals surface area contributed by atoms with Crippen molar-refractivity contribution < 1.29 is 14.4 Å². The molecule has 6 heteroatoms. The fourth-order valence-corrected chi connectivity index (χ4v) is 3.82. The molecule has 1 aliphatic heterocycles. The molecule has 1 saturated heterocycles. The van der Waals surface area contributed by atoms with E-state index in [9.17, 15) is 9.90 Å². The number of rotatable bonds is 4. The molecule has 3 rings (SSSR count). The number of nitrogens with one attached hydrogen (secondary N) is 1. The summed E-state index contributed by atoms with van der Waals surface area (Å²) in [5.74, 6) is 0.812. The van der Waals surface area contributed by atoms with Gasteiger partial charge in [-0.25, -0.2) is 0 Å². The fourth-order valence-electron chi connectivity index (χ4n) is 3.82. The molecule has 0 radical (unpaired) electrons. The van der Waals surface area contributed by atoms with Crippen LogP contribution in [0.15, 0.2) is 10.6 Å². The van der Waals surface area contributed by atoms with Crippen molar-refractivity contribution in [3.05, 3.63) is 17.5 Å². The van der Waals surface area contributed by atoms with Crippen molar-refractivity contribution in [3.63, 3.8) is 0 Å². The lowest BCUT2D eigenvalue weighted by atomic mass is 9.89. The van der Waals surface area contributed by atoms with Crippen LogP contribution in [-0.4, -0.2) is 52.3 Å². The minimum Gasteiger partial charge on any atom is -0.391 e. The highest BCUT2D eigenvalue weighted by Crippen LogP contribution is 2.26. The summed E-state index contributed by atoms with van der Waals surface area (Å²) in [5.41, 5.74) is 0.365. The zero-order valence-corrected chi connectivity index (χ0v) is 14.7. The third kappa shape index (κ3) is 3.98. The van der Waals surface area contributed by atoms with Gasteiger partial charge in [0.2, 0.25) is 0 Å². The van der Waals surface area contributed by atoms with E-state index in [4.69, 9.17) is 4.52 Å².